The molecule has 0 spiro atoms. The zero-order valence-corrected chi connectivity index (χ0v) is 14.8. The summed E-state index contributed by atoms with van der Waals surface area (Å²) < 4.78 is 0.754. The number of benzene rings is 2. The van der Waals surface area contributed by atoms with Gasteiger partial charge in [-0.25, -0.2) is 0 Å². The van der Waals surface area contributed by atoms with E-state index in [1.165, 1.54) is 6.07 Å². The average Bonchev–Trinajstić information content (AvgIpc) is 2.46. The summed E-state index contributed by atoms with van der Waals surface area (Å²) in [7, 11) is 0. The quantitative estimate of drug-likeness (QED) is 0.742. The molecule has 0 aliphatic heterocycles. The maximum atomic E-state index is 12.3. The lowest BCUT2D eigenvalue weighted by molar-refractivity contribution is -0.137. The molecule has 2 rings (SSSR count). The number of rotatable bonds is 5. The van der Waals surface area contributed by atoms with Crippen LogP contribution in [0, 0.1) is 0 Å². The van der Waals surface area contributed by atoms with Crippen LogP contribution in [0.25, 0.3) is 0 Å². The summed E-state index contributed by atoms with van der Waals surface area (Å²) in [6, 6.07) is 10.8. The third-order valence-corrected chi connectivity index (χ3v) is 4.16. The number of carbonyl (C=O) groups is 2. The highest BCUT2D eigenvalue weighted by molar-refractivity contribution is 9.10. The van der Waals surface area contributed by atoms with Gasteiger partial charge < -0.3 is 10.4 Å². The molecular weight excluding hydrogens is 405 g/mol. The SMILES string of the molecule is O=C(O)CC(NC(=O)c1cccc(Br)c1)c1ccc(Cl)cc1Cl. The van der Waals surface area contributed by atoms with Crippen LogP contribution < -0.4 is 5.32 Å². The van der Waals surface area contributed by atoms with E-state index in [2.05, 4.69) is 21.2 Å². The maximum absolute atomic E-state index is 12.3. The summed E-state index contributed by atoms with van der Waals surface area (Å²) in [6.45, 7) is 0. The number of carbonyl (C=O) groups excluding carboxylic acids is 1. The summed E-state index contributed by atoms with van der Waals surface area (Å²) in [5.41, 5.74) is 0.918. The molecule has 2 aromatic rings. The lowest BCUT2D eigenvalue weighted by atomic mass is 10.0. The summed E-state index contributed by atoms with van der Waals surface area (Å²) in [5.74, 6) is -1.43. The predicted octanol–water partition coefficient (Wildman–Crippen LogP) is 4.70. The second-order valence-electron chi connectivity index (χ2n) is 4.80. The lowest BCUT2D eigenvalue weighted by Crippen LogP contribution is -2.30. The average molecular weight is 417 g/mol. The van der Waals surface area contributed by atoms with Crippen LogP contribution in [0.4, 0.5) is 0 Å². The van der Waals surface area contributed by atoms with Crippen molar-refractivity contribution in [2.24, 2.45) is 0 Å². The molecule has 1 amide bonds. The van der Waals surface area contributed by atoms with E-state index in [9.17, 15) is 9.59 Å². The molecule has 0 radical (unpaired) electrons. The first-order valence-electron chi connectivity index (χ1n) is 6.60. The van der Waals surface area contributed by atoms with Gasteiger partial charge in [0, 0.05) is 20.1 Å². The molecule has 7 heteroatoms. The predicted molar refractivity (Wildman–Crippen MR) is 93.1 cm³/mol. The first kappa shape index (κ1) is 17.8. The van der Waals surface area contributed by atoms with Crippen LogP contribution in [-0.4, -0.2) is 17.0 Å². The van der Waals surface area contributed by atoms with Crippen molar-refractivity contribution in [3.8, 4) is 0 Å². The number of carboxylic acid groups (broad SMARTS) is 1. The first-order chi connectivity index (χ1) is 10.9. The minimum absolute atomic E-state index is 0.291. The van der Waals surface area contributed by atoms with E-state index in [1.54, 1.807) is 36.4 Å². The third-order valence-electron chi connectivity index (χ3n) is 3.11. The molecule has 0 aliphatic rings. The second kappa shape index (κ2) is 7.81. The Bertz CT molecular complexity index is 752. The van der Waals surface area contributed by atoms with Gasteiger partial charge in [0.1, 0.15) is 0 Å². The molecule has 2 N–H and O–H groups in total. The van der Waals surface area contributed by atoms with E-state index in [4.69, 9.17) is 28.3 Å². The molecular formula is C16H12BrCl2NO3. The Morgan fingerprint density at radius 1 is 1.17 bits per heavy atom. The van der Waals surface area contributed by atoms with Gasteiger partial charge in [0.2, 0.25) is 0 Å². The molecule has 120 valence electrons. The van der Waals surface area contributed by atoms with E-state index >= 15 is 0 Å². The maximum Gasteiger partial charge on any atom is 0.305 e. The summed E-state index contributed by atoms with van der Waals surface area (Å²) in [4.78, 5) is 23.5. The standard InChI is InChI=1S/C16H12BrCl2NO3/c17-10-3-1-2-9(6-10)16(23)20-14(8-15(21)22)12-5-4-11(18)7-13(12)19/h1-7,14H,8H2,(H,20,23)(H,21,22). The highest BCUT2D eigenvalue weighted by Crippen LogP contribution is 2.28. The Labute approximate surface area is 151 Å². The molecule has 4 nitrogen and oxygen atoms in total. The Balaban J connectivity index is 2.28. The Kier molecular flexibility index (Phi) is 6.04. The lowest BCUT2D eigenvalue weighted by Gasteiger charge is -2.19. The van der Waals surface area contributed by atoms with Crippen molar-refractivity contribution in [1.29, 1.82) is 0 Å². The van der Waals surface area contributed by atoms with Gasteiger partial charge in [-0.3, -0.25) is 9.59 Å². The van der Waals surface area contributed by atoms with Crippen LogP contribution in [0.3, 0.4) is 0 Å². The van der Waals surface area contributed by atoms with Crippen molar-refractivity contribution in [3.63, 3.8) is 0 Å². The van der Waals surface area contributed by atoms with Gasteiger partial charge in [-0.05, 0) is 35.9 Å². The van der Waals surface area contributed by atoms with E-state index in [-0.39, 0.29) is 12.3 Å². The topological polar surface area (TPSA) is 66.4 Å². The van der Waals surface area contributed by atoms with Crippen molar-refractivity contribution in [2.45, 2.75) is 12.5 Å². The summed E-state index contributed by atoms with van der Waals surface area (Å²) in [5, 5.41) is 12.5. The fraction of sp³-hybridized carbons (Fsp3) is 0.125. The molecule has 0 bridgehead atoms. The van der Waals surface area contributed by atoms with E-state index < -0.39 is 12.0 Å². The molecule has 0 heterocycles. The van der Waals surface area contributed by atoms with Crippen LogP contribution >= 0.6 is 39.1 Å². The number of amides is 1. The molecule has 1 unspecified atom stereocenters. The normalized spacial score (nSPS) is 11.8. The molecule has 0 saturated heterocycles. The third kappa shape index (κ3) is 4.96. The second-order valence-corrected chi connectivity index (χ2v) is 6.56. The van der Waals surface area contributed by atoms with E-state index in [0.717, 1.165) is 4.47 Å². The summed E-state index contributed by atoms with van der Waals surface area (Å²) >= 11 is 15.3. The van der Waals surface area contributed by atoms with Crippen molar-refractivity contribution in [3.05, 3.63) is 68.1 Å². The molecule has 23 heavy (non-hydrogen) atoms. The molecule has 0 saturated carbocycles. The van der Waals surface area contributed by atoms with E-state index in [1.807, 2.05) is 0 Å². The van der Waals surface area contributed by atoms with Crippen LogP contribution in [0.5, 0.6) is 0 Å². The number of halogens is 3. The zero-order valence-electron chi connectivity index (χ0n) is 11.7. The van der Waals surface area contributed by atoms with Crippen LogP contribution in [0.1, 0.15) is 28.4 Å². The number of carboxylic acids is 1. The van der Waals surface area contributed by atoms with Crippen molar-refractivity contribution in [1.82, 2.24) is 5.32 Å². The van der Waals surface area contributed by atoms with Gasteiger partial charge in [-0.1, -0.05) is 51.3 Å². The number of hydrogen-bond donors (Lipinski definition) is 2. The molecule has 0 aromatic heterocycles. The zero-order chi connectivity index (χ0) is 17.0. The number of hydrogen-bond acceptors (Lipinski definition) is 2. The van der Waals surface area contributed by atoms with Gasteiger partial charge in [-0.2, -0.15) is 0 Å². The number of aliphatic carboxylic acids is 1. The van der Waals surface area contributed by atoms with Gasteiger partial charge in [0.25, 0.3) is 5.91 Å². The van der Waals surface area contributed by atoms with Gasteiger partial charge in [0.05, 0.1) is 12.5 Å². The Morgan fingerprint density at radius 2 is 1.91 bits per heavy atom. The van der Waals surface area contributed by atoms with Crippen LogP contribution in [0.15, 0.2) is 46.9 Å². The molecule has 1 atom stereocenters. The molecule has 0 aliphatic carbocycles. The van der Waals surface area contributed by atoms with Crippen LogP contribution in [-0.2, 0) is 4.79 Å². The van der Waals surface area contributed by atoms with Crippen molar-refractivity contribution < 1.29 is 14.7 Å². The van der Waals surface area contributed by atoms with Crippen molar-refractivity contribution in [2.75, 3.05) is 0 Å². The fourth-order valence-electron chi connectivity index (χ4n) is 2.07. The minimum Gasteiger partial charge on any atom is -0.481 e. The minimum atomic E-state index is -1.05. The molecule has 2 aromatic carbocycles. The fourth-order valence-corrected chi connectivity index (χ4v) is 3.01. The van der Waals surface area contributed by atoms with Gasteiger partial charge in [-0.15, -0.1) is 0 Å². The summed E-state index contributed by atoms with van der Waals surface area (Å²) in [6.07, 6.45) is -0.291. The van der Waals surface area contributed by atoms with Gasteiger partial charge in [0.15, 0.2) is 0 Å². The first-order valence-corrected chi connectivity index (χ1v) is 8.15. The largest absolute Gasteiger partial charge is 0.481 e. The highest BCUT2D eigenvalue weighted by Gasteiger charge is 2.21. The Hall–Kier alpha value is -1.56. The monoisotopic (exact) mass is 415 g/mol. The smallest absolute Gasteiger partial charge is 0.305 e. The number of nitrogens with one attached hydrogen (secondary N) is 1. The Morgan fingerprint density at radius 3 is 2.52 bits per heavy atom. The van der Waals surface area contributed by atoms with E-state index in [0.29, 0.717) is 21.2 Å². The highest BCUT2D eigenvalue weighted by atomic mass is 79.9. The molecule has 0 fully saturated rings. The van der Waals surface area contributed by atoms with Crippen molar-refractivity contribution >= 4 is 51.0 Å². The van der Waals surface area contributed by atoms with Crippen LogP contribution in [0.2, 0.25) is 10.0 Å². The van der Waals surface area contributed by atoms with Gasteiger partial charge >= 0.3 is 5.97 Å².